The molecule has 0 atom stereocenters. The van der Waals surface area contributed by atoms with Crippen LogP contribution in [0.5, 0.6) is 5.75 Å². The average molecular weight is 376 g/mol. The molecule has 0 aliphatic rings. The monoisotopic (exact) mass is 376 g/mol. The van der Waals surface area contributed by atoms with Crippen LogP contribution in [0.25, 0.3) is 0 Å². The summed E-state index contributed by atoms with van der Waals surface area (Å²) in [5.41, 5.74) is 1.21. The number of ether oxygens (including phenoxy) is 3. The lowest BCUT2D eigenvalue weighted by atomic mass is 10.1. The third-order valence-corrected chi connectivity index (χ3v) is 3.91. The fourth-order valence-corrected chi connectivity index (χ4v) is 2.53. The molecule has 142 valence electrons. The van der Waals surface area contributed by atoms with Crippen molar-refractivity contribution in [3.8, 4) is 5.75 Å². The molecule has 0 heterocycles. The minimum Gasteiger partial charge on any atom is -0.490 e. The van der Waals surface area contributed by atoms with Crippen LogP contribution >= 0.6 is 0 Å². The van der Waals surface area contributed by atoms with Gasteiger partial charge in [0.2, 0.25) is 0 Å². The molecule has 0 unspecified atom stereocenters. The van der Waals surface area contributed by atoms with Crippen molar-refractivity contribution in [2.24, 2.45) is 0 Å². The van der Waals surface area contributed by atoms with E-state index >= 15 is 0 Å². The summed E-state index contributed by atoms with van der Waals surface area (Å²) in [5, 5.41) is 0. The highest BCUT2D eigenvalue weighted by molar-refractivity contribution is 6.03. The first-order valence-corrected chi connectivity index (χ1v) is 8.89. The predicted octanol–water partition coefficient (Wildman–Crippen LogP) is 4.28. The van der Waals surface area contributed by atoms with Crippen LogP contribution in [0, 0.1) is 0 Å². The van der Waals surface area contributed by atoms with Crippen molar-refractivity contribution in [1.29, 1.82) is 0 Å². The summed E-state index contributed by atoms with van der Waals surface area (Å²) in [5.74, 6) is -0.468. The number of benzene rings is 3. The van der Waals surface area contributed by atoms with Gasteiger partial charge in [0.25, 0.3) is 0 Å². The second-order valence-corrected chi connectivity index (χ2v) is 5.90. The highest BCUT2D eigenvalue weighted by atomic mass is 16.6. The number of carbonyl (C=O) groups excluding carboxylic acids is 2. The Morgan fingerprint density at radius 2 is 1.14 bits per heavy atom. The first-order valence-electron chi connectivity index (χ1n) is 8.89. The molecule has 0 aromatic heterocycles. The molecule has 0 amide bonds. The van der Waals surface area contributed by atoms with E-state index in [0.29, 0.717) is 5.75 Å². The van der Waals surface area contributed by atoms with Crippen molar-refractivity contribution in [2.75, 3.05) is 13.2 Å². The maximum atomic E-state index is 12.4. The van der Waals surface area contributed by atoms with Gasteiger partial charge >= 0.3 is 11.9 Å². The molecule has 0 fully saturated rings. The molecule has 3 rings (SSSR count). The smallest absolute Gasteiger partial charge is 0.339 e. The van der Waals surface area contributed by atoms with E-state index < -0.39 is 11.9 Å². The first kappa shape index (κ1) is 19.2. The topological polar surface area (TPSA) is 61.8 Å². The fraction of sp³-hybridized carbons (Fsp3) is 0.130. The molecule has 3 aromatic carbocycles. The Bertz CT molecular complexity index is 907. The van der Waals surface area contributed by atoms with Crippen LogP contribution in [0.15, 0.2) is 84.9 Å². The summed E-state index contributed by atoms with van der Waals surface area (Å²) in [6.45, 7) is 0.422. The molecule has 0 saturated heterocycles. The molecule has 3 aromatic rings. The van der Waals surface area contributed by atoms with E-state index in [1.807, 2.05) is 60.7 Å². The zero-order valence-electron chi connectivity index (χ0n) is 15.2. The molecule has 0 aliphatic heterocycles. The van der Waals surface area contributed by atoms with Crippen LogP contribution in [0.3, 0.4) is 0 Å². The molecule has 5 nitrogen and oxygen atoms in total. The molecule has 28 heavy (non-hydrogen) atoms. The van der Waals surface area contributed by atoms with Gasteiger partial charge in [-0.25, -0.2) is 9.59 Å². The van der Waals surface area contributed by atoms with Crippen LogP contribution in [-0.4, -0.2) is 25.2 Å². The lowest BCUT2D eigenvalue weighted by Gasteiger charge is -2.10. The molecule has 5 heteroatoms. The van der Waals surface area contributed by atoms with E-state index in [1.165, 1.54) is 0 Å². The minimum atomic E-state index is -0.594. The standard InChI is InChI=1S/C23H20O5/c24-22(27-16-15-26-19-11-5-2-6-12-19)20-13-7-8-14-21(20)23(25)28-17-18-9-3-1-4-10-18/h1-14H,15-17H2. The Kier molecular flexibility index (Phi) is 6.79. The molecule has 0 spiro atoms. The van der Waals surface area contributed by atoms with Gasteiger partial charge in [-0.2, -0.15) is 0 Å². The summed E-state index contributed by atoms with van der Waals surface area (Å²) in [4.78, 5) is 24.8. The second kappa shape index (κ2) is 9.92. The van der Waals surface area contributed by atoms with E-state index in [2.05, 4.69) is 0 Å². The van der Waals surface area contributed by atoms with Gasteiger partial charge in [-0.15, -0.1) is 0 Å². The molecule has 0 aliphatic carbocycles. The number of hydrogen-bond acceptors (Lipinski definition) is 5. The molecule has 0 bridgehead atoms. The zero-order valence-corrected chi connectivity index (χ0v) is 15.2. The maximum Gasteiger partial charge on any atom is 0.339 e. The number of para-hydroxylation sites is 1. The average Bonchev–Trinajstić information content (AvgIpc) is 2.76. The Hall–Kier alpha value is -3.60. The van der Waals surface area contributed by atoms with Crippen LogP contribution in [-0.2, 0) is 16.1 Å². The van der Waals surface area contributed by atoms with Crippen molar-refractivity contribution in [2.45, 2.75) is 6.61 Å². The molecule has 0 N–H and O–H groups in total. The molecule has 0 saturated carbocycles. The van der Waals surface area contributed by atoms with Crippen LogP contribution in [0.1, 0.15) is 26.3 Å². The summed E-state index contributed by atoms with van der Waals surface area (Å²) in [6.07, 6.45) is 0. The van der Waals surface area contributed by atoms with E-state index in [1.54, 1.807) is 24.3 Å². The normalized spacial score (nSPS) is 10.1. The molecular formula is C23H20O5. The van der Waals surface area contributed by atoms with Gasteiger partial charge in [0.15, 0.2) is 0 Å². The largest absolute Gasteiger partial charge is 0.490 e. The highest BCUT2D eigenvalue weighted by Crippen LogP contribution is 2.14. The first-order chi connectivity index (χ1) is 13.7. The SMILES string of the molecule is O=C(OCCOc1ccccc1)c1ccccc1C(=O)OCc1ccccc1. The minimum absolute atomic E-state index is 0.0706. The Morgan fingerprint density at radius 3 is 1.79 bits per heavy atom. The lowest BCUT2D eigenvalue weighted by Crippen LogP contribution is -2.16. The van der Waals surface area contributed by atoms with Gasteiger partial charge in [0, 0.05) is 0 Å². The van der Waals surface area contributed by atoms with Crippen molar-refractivity contribution < 1.29 is 23.8 Å². The molecule has 0 radical (unpaired) electrons. The van der Waals surface area contributed by atoms with E-state index in [0.717, 1.165) is 5.56 Å². The van der Waals surface area contributed by atoms with Gasteiger partial charge in [-0.05, 0) is 29.8 Å². The van der Waals surface area contributed by atoms with Gasteiger partial charge in [-0.3, -0.25) is 0 Å². The van der Waals surface area contributed by atoms with E-state index in [9.17, 15) is 9.59 Å². The quantitative estimate of drug-likeness (QED) is 0.434. The van der Waals surface area contributed by atoms with Gasteiger partial charge in [-0.1, -0.05) is 60.7 Å². The van der Waals surface area contributed by atoms with Crippen LogP contribution in [0.2, 0.25) is 0 Å². The summed E-state index contributed by atoms with van der Waals surface area (Å²) >= 11 is 0. The molecular weight excluding hydrogens is 356 g/mol. The summed E-state index contributed by atoms with van der Waals surface area (Å²) < 4.78 is 16.0. The Balaban J connectivity index is 1.54. The second-order valence-electron chi connectivity index (χ2n) is 5.90. The summed E-state index contributed by atoms with van der Waals surface area (Å²) in [7, 11) is 0. The van der Waals surface area contributed by atoms with Gasteiger partial charge < -0.3 is 14.2 Å². The van der Waals surface area contributed by atoms with Gasteiger partial charge in [0.05, 0.1) is 11.1 Å². The third-order valence-electron chi connectivity index (χ3n) is 3.91. The summed E-state index contributed by atoms with van der Waals surface area (Å²) in [6, 6.07) is 25.0. The fourth-order valence-electron chi connectivity index (χ4n) is 2.53. The van der Waals surface area contributed by atoms with E-state index in [-0.39, 0.29) is 30.9 Å². The predicted molar refractivity (Wildman–Crippen MR) is 104 cm³/mol. The van der Waals surface area contributed by atoms with Crippen LogP contribution < -0.4 is 4.74 Å². The number of hydrogen-bond donors (Lipinski definition) is 0. The van der Waals surface area contributed by atoms with Crippen molar-refractivity contribution >= 4 is 11.9 Å². The number of carbonyl (C=O) groups is 2. The number of esters is 2. The van der Waals surface area contributed by atoms with Crippen molar-refractivity contribution in [3.63, 3.8) is 0 Å². The van der Waals surface area contributed by atoms with Gasteiger partial charge in [0.1, 0.15) is 25.6 Å². The number of rotatable bonds is 8. The third kappa shape index (κ3) is 5.45. The lowest BCUT2D eigenvalue weighted by molar-refractivity contribution is 0.0414. The zero-order chi connectivity index (χ0) is 19.6. The van der Waals surface area contributed by atoms with E-state index in [4.69, 9.17) is 14.2 Å². The maximum absolute atomic E-state index is 12.4. The van der Waals surface area contributed by atoms with Crippen molar-refractivity contribution in [1.82, 2.24) is 0 Å². The van der Waals surface area contributed by atoms with Crippen molar-refractivity contribution in [3.05, 3.63) is 102 Å². The Labute approximate surface area is 163 Å². The Morgan fingerprint density at radius 1 is 0.607 bits per heavy atom. The van der Waals surface area contributed by atoms with Crippen LogP contribution in [0.4, 0.5) is 0 Å². The highest BCUT2D eigenvalue weighted by Gasteiger charge is 2.19.